The van der Waals surface area contributed by atoms with Crippen LogP contribution in [0.3, 0.4) is 0 Å². The Bertz CT molecular complexity index is 492. The molecular weight excluding hydrogens is 240 g/mol. The minimum Gasteiger partial charge on any atom is -0.508 e. The summed E-state index contributed by atoms with van der Waals surface area (Å²) in [4.78, 5) is 0. The van der Waals surface area contributed by atoms with Crippen LogP contribution < -0.4 is 9.92 Å². The van der Waals surface area contributed by atoms with Crippen LogP contribution in [0.2, 0.25) is 13.1 Å². The van der Waals surface area contributed by atoms with Gasteiger partial charge in [0.2, 0.25) is 0 Å². The monoisotopic (exact) mass is 258 g/mol. The number of phenolic OH excluding ortho intramolecular Hbond substituents is 1. The van der Waals surface area contributed by atoms with Crippen LogP contribution in [0, 0.1) is 0 Å². The summed E-state index contributed by atoms with van der Waals surface area (Å²) in [6.45, 7) is 4.59. The van der Waals surface area contributed by atoms with Crippen LogP contribution in [0.5, 0.6) is 11.5 Å². The van der Waals surface area contributed by atoms with Gasteiger partial charge in [0.1, 0.15) is 19.6 Å². The molecule has 2 aromatic carbocycles. The first-order valence-corrected chi connectivity index (χ1v) is 9.26. The smallest absolute Gasteiger partial charge is 0.124 e. The Morgan fingerprint density at radius 2 is 1.56 bits per heavy atom. The second-order valence-electron chi connectivity index (χ2n) is 5.03. The number of ether oxygens (including phenoxy) is 1. The van der Waals surface area contributed by atoms with E-state index < -0.39 is 8.07 Å². The van der Waals surface area contributed by atoms with Gasteiger partial charge in [0.25, 0.3) is 0 Å². The van der Waals surface area contributed by atoms with Gasteiger partial charge in [0.05, 0.1) is 6.23 Å². The molecule has 0 bridgehead atoms. The van der Waals surface area contributed by atoms with E-state index >= 15 is 0 Å². The largest absolute Gasteiger partial charge is 0.508 e. The zero-order chi connectivity index (χ0) is 13.0. The topological polar surface area (TPSA) is 29.5 Å². The van der Waals surface area contributed by atoms with E-state index in [9.17, 15) is 5.11 Å². The van der Waals surface area contributed by atoms with Gasteiger partial charge in [0.15, 0.2) is 0 Å². The maximum Gasteiger partial charge on any atom is 0.124 e. The van der Waals surface area contributed by atoms with Crippen LogP contribution in [-0.4, -0.2) is 19.4 Å². The Morgan fingerprint density at radius 1 is 0.944 bits per heavy atom. The van der Waals surface area contributed by atoms with Crippen molar-refractivity contribution >= 4 is 13.3 Å². The van der Waals surface area contributed by atoms with Gasteiger partial charge in [-0.15, -0.1) is 0 Å². The summed E-state index contributed by atoms with van der Waals surface area (Å²) in [5.41, 5.74) is 0. The van der Waals surface area contributed by atoms with Crippen molar-refractivity contribution < 1.29 is 9.84 Å². The summed E-state index contributed by atoms with van der Waals surface area (Å²) in [5, 5.41) is 10.6. The minimum atomic E-state index is -1.56. The maximum absolute atomic E-state index is 9.22. The molecule has 0 saturated carbocycles. The van der Waals surface area contributed by atoms with Crippen molar-refractivity contribution in [3.63, 3.8) is 0 Å². The van der Waals surface area contributed by atoms with Crippen LogP contribution in [0.15, 0.2) is 54.6 Å². The molecule has 0 fully saturated rings. The number of rotatable bonds is 4. The van der Waals surface area contributed by atoms with Gasteiger partial charge >= 0.3 is 0 Å². The SMILES string of the molecule is C[Si](C)(COc1ccc(O)cc1)c1ccccc1. The first-order valence-electron chi connectivity index (χ1n) is 6.05. The first-order chi connectivity index (χ1) is 8.58. The molecule has 18 heavy (non-hydrogen) atoms. The summed E-state index contributed by atoms with van der Waals surface area (Å²) >= 11 is 0. The molecule has 1 N–H and O–H groups in total. The van der Waals surface area contributed by atoms with Crippen LogP contribution in [0.1, 0.15) is 0 Å². The fraction of sp³-hybridized carbons (Fsp3) is 0.200. The lowest BCUT2D eigenvalue weighted by Crippen LogP contribution is -2.47. The van der Waals surface area contributed by atoms with Crippen LogP contribution in [0.4, 0.5) is 0 Å². The molecule has 2 nitrogen and oxygen atoms in total. The molecule has 0 heterocycles. The Balaban J connectivity index is 2.03. The predicted octanol–water partition coefficient (Wildman–Crippen LogP) is 2.93. The minimum absolute atomic E-state index is 0.266. The fourth-order valence-corrected chi connectivity index (χ4v) is 3.57. The number of hydrogen-bond donors (Lipinski definition) is 1. The van der Waals surface area contributed by atoms with E-state index in [2.05, 4.69) is 37.4 Å². The highest BCUT2D eigenvalue weighted by molar-refractivity contribution is 6.89. The van der Waals surface area contributed by atoms with Crippen molar-refractivity contribution in [2.45, 2.75) is 13.1 Å². The summed E-state index contributed by atoms with van der Waals surface area (Å²) in [6.07, 6.45) is 0.738. The molecule has 0 aliphatic rings. The Labute approximate surface area is 109 Å². The fourth-order valence-electron chi connectivity index (χ4n) is 1.78. The quantitative estimate of drug-likeness (QED) is 0.854. The molecular formula is C15H18O2Si. The van der Waals surface area contributed by atoms with Crippen LogP contribution >= 0.6 is 0 Å². The Morgan fingerprint density at radius 3 is 2.17 bits per heavy atom. The predicted molar refractivity (Wildman–Crippen MR) is 77.2 cm³/mol. The van der Waals surface area contributed by atoms with Crippen LogP contribution in [0.25, 0.3) is 0 Å². The van der Waals surface area contributed by atoms with Crippen molar-refractivity contribution in [3.05, 3.63) is 54.6 Å². The molecule has 0 spiro atoms. The summed E-state index contributed by atoms with van der Waals surface area (Å²) in [7, 11) is -1.56. The average molecular weight is 258 g/mol. The second kappa shape index (κ2) is 5.27. The highest BCUT2D eigenvalue weighted by Gasteiger charge is 2.24. The maximum atomic E-state index is 9.22. The van der Waals surface area contributed by atoms with E-state index in [0.717, 1.165) is 12.0 Å². The molecule has 0 aliphatic carbocycles. The molecule has 0 atom stereocenters. The summed E-state index contributed by atoms with van der Waals surface area (Å²) < 4.78 is 5.83. The lowest BCUT2D eigenvalue weighted by Gasteiger charge is -2.23. The molecule has 0 aliphatic heterocycles. The lowest BCUT2D eigenvalue weighted by atomic mass is 10.3. The summed E-state index contributed by atoms with van der Waals surface area (Å²) in [6, 6.07) is 17.4. The van der Waals surface area contributed by atoms with Crippen LogP contribution in [-0.2, 0) is 0 Å². The third kappa shape index (κ3) is 3.14. The van der Waals surface area contributed by atoms with Crippen molar-refractivity contribution in [2.75, 3.05) is 6.23 Å². The molecule has 0 aromatic heterocycles. The van der Waals surface area contributed by atoms with Gasteiger partial charge in [-0.25, -0.2) is 0 Å². The van der Waals surface area contributed by atoms with Crippen molar-refractivity contribution in [3.8, 4) is 11.5 Å². The molecule has 2 rings (SSSR count). The van der Waals surface area contributed by atoms with Crippen molar-refractivity contribution in [1.82, 2.24) is 0 Å². The van der Waals surface area contributed by atoms with Crippen molar-refractivity contribution in [2.24, 2.45) is 0 Å². The molecule has 94 valence electrons. The van der Waals surface area contributed by atoms with E-state index in [1.807, 2.05) is 6.07 Å². The molecule has 0 saturated heterocycles. The van der Waals surface area contributed by atoms with E-state index in [-0.39, 0.29) is 5.75 Å². The average Bonchev–Trinajstić information content (AvgIpc) is 2.39. The van der Waals surface area contributed by atoms with Gasteiger partial charge in [-0.2, -0.15) is 0 Å². The molecule has 0 unspecified atom stereocenters. The standard InChI is InChI=1S/C15H18O2Si/c1-18(2,15-6-4-3-5-7-15)12-17-14-10-8-13(16)9-11-14/h3-11,16H,12H2,1-2H3. The highest BCUT2D eigenvalue weighted by Crippen LogP contribution is 2.17. The molecule has 0 radical (unpaired) electrons. The zero-order valence-corrected chi connectivity index (χ0v) is 11.8. The molecule has 0 amide bonds. The normalized spacial score (nSPS) is 11.2. The van der Waals surface area contributed by atoms with Crippen molar-refractivity contribution in [1.29, 1.82) is 0 Å². The molecule has 2 aromatic rings. The molecule has 3 heteroatoms. The number of aromatic hydroxyl groups is 1. The van der Waals surface area contributed by atoms with Gasteiger partial charge in [0, 0.05) is 0 Å². The second-order valence-corrected chi connectivity index (χ2v) is 9.67. The summed E-state index contributed by atoms with van der Waals surface area (Å²) in [5.74, 6) is 1.08. The Kier molecular flexibility index (Phi) is 3.72. The highest BCUT2D eigenvalue weighted by atomic mass is 28.3. The van der Waals surface area contributed by atoms with E-state index in [4.69, 9.17) is 4.74 Å². The van der Waals surface area contributed by atoms with Gasteiger partial charge < -0.3 is 9.84 Å². The van der Waals surface area contributed by atoms with E-state index in [1.54, 1.807) is 24.3 Å². The van der Waals surface area contributed by atoms with Gasteiger partial charge in [-0.3, -0.25) is 0 Å². The number of hydrogen-bond acceptors (Lipinski definition) is 2. The third-order valence-corrected chi connectivity index (χ3v) is 5.75. The van der Waals surface area contributed by atoms with E-state index in [0.29, 0.717) is 0 Å². The lowest BCUT2D eigenvalue weighted by molar-refractivity contribution is 0.378. The third-order valence-electron chi connectivity index (χ3n) is 2.99. The van der Waals surface area contributed by atoms with Gasteiger partial charge in [-0.1, -0.05) is 48.6 Å². The number of benzene rings is 2. The first kappa shape index (κ1) is 12.7. The van der Waals surface area contributed by atoms with E-state index in [1.165, 1.54) is 5.19 Å². The Hall–Kier alpha value is -1.74. The zero-order valence-electron chi connectivity index (χ0n) is 10.8. The number of phenols is 1. The van der Waals surface area contributed by atoms with Gasteiger partial charge in [-0.05, 0) is 24.3 Å².